The van der Waals surface area contributed by atoms with Gasteiger partial charge in [0.1, 0.15) is 5.75 Å². The normalized spacial score (nSPS) is 12.0. The predicted molar refractivity (Wildman–Crippen MR) is 121 cm³/mol. The van der Waals surface area contributed by atoms with Gasteiger partial charge in [-0.05, 0) is 36.8 Å². The third-order valence-corrected chi connectivity index (χ3v) is 6.54. The number of hydrogen-bond donors (Lipinski definition) is 3. The fourth-order valence-electron chi connectivity index (χ4n) is 2.93. The van der Waals surface area contributed by atoms with Gasteiger partial charge in [0.25, 0.3) is 5.91 Å². The van der Waals surface area contributed by atoms with E-state index in [4.69, 9.17) is 4.74 Å². The lowest BCUT2D eigenvalue weighted by Crippen LogP contribution is -2.47. The fraction of sp³-hybridized carbons (Fsp3) is 0.318. The predicted octanol–water partition coefficient (Wildman–Crippen LogP) is 1.04. The smallest absolute Gasteiger partial charge is 0.253 e. The zero-order valence-electron chi connectivity index (χ0n) is 18.9. The Kier molecular flexibility index (Phi) is 8.94. The van der Waals surface area contributed by atoms with Crippen molar-refractivity contribution < 1.29 is 27.5 Å². The molecule has 178 valence electrons. The van der Waals surface area contributed by atoms with E-state index in [1.54, 1.807) is 36.4 Å². The lowest BCUT2D eigenvalue weighted by molar-refractivity contribution is -0.129. The van der Waals surface area contributed by atoms with Crippen molar-refractivity contribution in [1.82, 2.24) is 20.5 Å². The summed E-state index contributed by atoms with van der Waals surface area (Å²) in [5.41, 5.74) is 6.03. The number of hydrazine groups is 1. The number of aryl methyl sites for hydroxylation is 1. The van der Waals surface area contributed by atoms with Crippen molar-refractivity contribution >= 4 is 27.7 Å². The average Bonchev–Trinajstić information content (AvgIpc) is 2.77. The molecular formula is C22H28N4O6S. The summed E-state index contributed by atoms with van der Waals surface area (Å²) in [5, 5.41) is 2.69. The molecule has 0 fully saturated rings. The van der Waals surface area contributed by atoms with E-state index >= 15 is 0 Å². The minimum Gasteiger partial charge on any atom is -0.497 e. The summed E-state index contributed by atoms with van der Waals surface area (Å²) >= 11 is 0. The molecule has 1 unspecified atom stereocenters. The van der Waals surface area contributed by atoms with Crippen LogP contribution in [0.5, 0.6) is 5.75 Å². The van der Waals surface area contributed by atoms with E-state index in [9.17, 15) is 22.8 Å². The van der Waals surface area contributed by atoms with E-state index in [-0.39, 0.29) is 17.2 Å². The third kappa shape index (κ3) is 7.58. The number of benzene rings is 2. The SMILES string of the molecule is COc1ccc(C(CC(=O)NNC(=O)CN(C)S(=O)(=O)c2ccc(C)cc2)NC(C)=O)cc1. The van der Waals surface area contributed by atoms with Crippen LogP contribution in [0, 0.1) is 6.92 Å². The standard InChI is InChI=1S/C22H28N4O6S/c1-15-5-11-19(12-6-15)33(30,31)26(3)14-22(29)25-24-21(28)13-20(23-16(2)27)17-7-9-18(32-4)10-8-17/h5-12,20H,13-14H2,1-4H3,(H,23,27)(H,24,28)(H,25,29). The van der Waals surface area contributed by atoms with E-state index in [2.05, 4.69) is 16.2 Å². The maximum Gasteiger partial charge on any atom is 0.253 e. The third-order valence-electron chi connectivity index (χ3n) is 4.72. The summed E-state index contributed by atoms with van der Waals surface area (Å²) in [4.78, 5) is 36.1. The minimum absolute atomic E-state index is 0.0603. The van der Waals surface area contributed by atoms with Crippen molar-refractivity contribution in [3.63, 3.8) is 0 Å². The van der Waals surface area contributed by atoms with Gasteiger partial charge in [-0.25, -0.2) is 8.42 Å². The van der Waals surface area contributed by atoms with Crippen molar-refractivity contribution in [2.24, 2.45) is 0 Å². The summed E-state index contributed by atoms with van der Waals surface area (Å²) in [5.74, 6) is -0.985. The zero-order chi connectivity index (χ0) is 24.6. The Morgan fingerprint density at radius 1 is 0.970 bits per heavy atom. The molecule has 0 spiro atoms. The number of carbonyl (C=O) groups excluding carboxylic acids is 3. The summed E-state index contributed by atoms with van der Waals surface area (Å²) in [6.07, 6.45) is -0.149. The molecule has 0 aliphatic carbocycles. The van der Waals surface area contributed by atoms with Crippen molar-refractivity contribution in [1.29, 1.82) is 0 Å². The van der Waals surface area contributed by atoms with E-state index in [1.165, 1.54) is 33.2 Å². The highest BCUT2D eigenvalue weighted by atomic mass is 32.2. The van der Waals surface area contributed by atoms with Gasteiger partial charge in [0, 0.05) is 14.0 Å². The molecule has 33 heavy (non-hydrogen) atoms. The van der Waals surface area contributed by atoms with E-state index < -0.39 is 34.4 Å². The van der Waals surface area contributed by atoms with Crippen LogP contribution < -0.4 is 20.9 Å². The molecule has 3 N–H and O–H groups in total. The zero-order valence-corrected chi connectivity index (χ0v) is 19.7. The largest absolute Gasteiger partial charge is 0.497 e. The van der Waals surface area contributed by atoms with Crippen molar-refractivity contribution in [3.05, 3.63) is 59.7 Å². The second-order valence-corrected chi connectivity index (χ2v) is 9.45. The van der Waals surface area contributed by atoms with E-state index in [0.29, 0.717) is 11.3 Å². The van der Waals surface area contributed by atoms with Crippen LogP contribution in [0.1, 0.15) is 30.5 Å². The first-order valence-corrected chi connectivity index (χ1v) is 11.5. The monoisotopic (exact) mass is 476 g/mol. The van der Waals surface area contributed by atoms with Gasteiger partial charge in [-0.15, -0.1) is 0 Å². The van der Waals surface area contributed by atoms with Crippen LogP contribution >= 0.6 is 0 Å². The summed E-state index contributed by atoms with van der Waals surface area (Å²) in [6.45, 7) is 2.67. The topological polar surface area (TPSA) is 134 Å². The Morgan fingerprint density at radius 3 is 2.09 bits per heavy atom. The number of amides is 3. The number of ether oxygens (including phenoxy) is 1. The first kappa shape index (κ1) is 25.8. The summed E-state index contributed by atoms with van der Waals surface area (Å²) in [7, 11) is -1.06. The van der Waals surface area contributed by atoms with Gasteiger partial charge in [0.05, 0.1) is 31.0 Å². The van der Waals surface area contributed by atoms with Crippen LogP contribution in [0.2, 0.25) is 0 Å². The first-order chi connectivity index (χ1) is 15.5. The van der Waals surface area contributed by atoms with Gasteiger partial charge in [-0.1, -0.05) is 29.8 Å². The maximum atomic E-state index is 12.6. The van der Waals surface area contributed by atoms with Crippen LogP contribution in [0.3, 0.4) is 0 Å². The number of likely N-dealkylation sites (N-methyl/N-ethyl adjacent to an activating group) is 1. The number of nitrogens with zero attached hydrogens (tertiary/aromatic N) is 1. The molecule has 2 aromatic rings. The number of nitrogens with one attached hydrogen (secondary N) is 3. The highest BCUT2D eigenvalue weighted by Gasteiger charge is 2.23. The Hall–Kier alpha value is -3.44. The second kappa shape index (κ2) is 11.4. The fourth-order valence-corrected chi connectivity index (χ4v) is 4.05. The number of sulfonamides is 1. The molecule has 0 aliphatic rings. The maximum absolute atomic E-state index is 12.6. The van der Waals surface area contributed by atoms with Gasteiger partial charge in [0.2, 0.25) is 21.8 Å². The molecule has 0 aliphatic heterocycles. The van der Waals surface area contributed by atoms with Crippen LogP contribution in [0.25, 0.3) is 0 Å². The molecule has 3 amide bonds. The molecule has 0 radical (unpaired) electrons. The molecule has 0 bridgehead atoms. The Balaban J connectivity index is 1.93. The molecule has 0 saturated carbocycles. The van der Waals surface area contributed by atoms with Crippen molar-refractivity contribution in [2.75, 3.05) is 20.7 Å². The minimum atomic E-state index is -3.86. The molecule has 1 atom stereocenters. The Bertz CT molecular complexity index is 1080. The molecule has 2 rings (SSSR count). The summed E-state index contributed by atoms with van der Waals surface area (Å²) < 4.78 is 31.1. The highest BCUT2D eigenvalue weighted by Crippen LogP contribution is 2.20. The number of rotatable bonds is 9. The second-order valence-electron chi connectivity index (χ2n) is 7.40. The van der Waals surface area contributed by atoms with Gasteiger partial charge < -0.3 is 10.1 Å². The molecule has 11 heteroatoms. The molecule has 0 saturated heterocycles. The molecule has 0 heterocycles. The molecule has 10 nitrogen and oxygen atoms in total. The van der Waals surface area contributed by atoms with Crippen molar-refractivity contribution in [2.45, 2.75) is 31.2 Å². The number of hydrogen-bond acceptors (Lipinski definition) is 6. The van der Waals surface area contributed by atoms with Gasteiger partial charge in [-0.3, -0.25) is 25.2 Å². The van der Waals surface area contributed by atoms with Crippen molar-refractivity contribution in [3.8, 4) is 5.75 Å². The van der Waals surface area contributed by atoms with E-state index in [0.717, 1.165) is 9.87 Å². The van der Waals surface area contributed by atoms with Crippen LogP contribution in [0.4, 0.5) is 0 Å². The number of carbonyl (C=O) groups is 3. The molecule has 2 aromatic carbocycles. The van der Waals surface area contributed by atoms with Crippen LogP contribution in [0.15, 0.2) is 53.4 Å². The van der Waals surface area contributed by atoms with E-state index in [1.807, 2.05) is 6.92 Å². The number of methoxy groups -OCH3 is 1. The van der Waals surface area contributed by atoms with Gasteiger partial charge >= 0.3 is 0 Å². The lowest BCUT2D eigenvalue weighted by Gasteiger charge is -2.19. The Labute approximate surface area is 193 Å². The quantitative estimate of drug-likeness (QED) is 0.463. The molecular weight excluding hydrogens is 448 g/mol. The first-order valence-electron chi connectivity index (χ1n) is 10.0. The average molecular weight is 477 g/mol. The van der Waals surface area contributed by atoms with Crippen LogP contribution in [-0.4, -0.2) is 51.1 Å². The lowest BCUT2D eigenvalue weighted by atomic mass is 10.0. The Morgan fingerprint density at radius 2 is 1.55 bits per heavy atom. The van der Waals surface area contributed by atoms with Gasteiger partial charge in [-0.2, -0.15) is 4.31 Å². The van der Waals surface area contributed by atoms with Crippen LogP contribution in [-0.2, 0) is 24.4 Å². The highest BCUT2D eigenvalue weighted by molar-refractivity contribution is 7.89. The van der Waals surface area contributed by atoms with Gasteiger partial charge in [0.15, 0.2) is 0 Å². The summed E-state index contributed by atoms with van der Waals surface area (Å²) in [6, 6.07) is 12.5. The molecule has 0 aromatic heterocycles.